The van der Waals surface area contributed by atoms with Crippen molar-refractivity contribution in [2.75, 3.05) is 32.1 Å². The minimum atomic E-state index is -3.41. The molecule has 1 aliphatic rings. The van der Waals surface area contributed by atoms with Crippen molar-refractivity contribution in [3.8, 4) is 6.07 Å². The Labute approximate surface area is 95.5 Å². The normalized spacial score (nSPS) is 19.5. The van der Waals surface area contributed by atoms with Crippen LogP contribution in [0.2, 0.25) is 0 Å². The van der Waals surface area contributed by atoms with Crippen molar-refractivity contribution in [2.24, 2.45) is 0 Å². The number of ether oxygens (including phenoxy) is 1. The average molecular weight is 248 g/mol. The molecule has 1 aliphatic heterocycles. The Morgan fingerprint density at radius 1 is 1.44 bits per heavy atom. The quantitative estimate of drug-likeness (QED) is 0.695. The van der Waals surface area contributed by atoms with E-state index in [2.05, 4.69) is 0 Å². The van der Waals surface area contributed by atoms with Gasteiger partial charge in [0.25, 0.3) is 0 Å². The van der Waals surface area contributed by atoms with Crippen LogP contribution in [-0.4, -0.2) is 56.0 Å². The Morgan fingerprint density at radius 2 is 2.06 bits per heavy atom. The number of aliphatic hydroxyl groups is 1. The van der Waals surface area contributed by atoms with E-state index in [9.17, 15) is 8.42 Å². The zero-order valence-corrected chi connectivity index (χ0v) is 9.82. The third kappa shape index (κ3) is 3.72. The van der Waals surface area contributed by atoms with Gasteiger partial charge in [0.05, 0.1) is 25.4 Å². The summed E-state index contributed by atoms with van der Waals surface area (Å²) >= 11 is 0. The van der Waals surface area contributed by atoms with E-state index in [0.29, 0.717) is 25.9 Å². The molecule has 0 amide bonds. The predicted molar refractivity (Wildman–Crippen MR) is 57.0 cm³/mol. The van der Waals surface area contributed by atoms with Crippen LogP contribution in [-0.2, 0) is 14.8 Å². The highest BCUT2D eigenvalue weighted by Crippen LogP contribution is 2.16. The zero-order valence-electron chi connectivity index (χ0n) is 9.00. The van der Waals surface area contributed by atoms with Crippen molar-refractivity contribution in [3.63, 3.8) is 0 Å². The summed E-state index contributed by atoms with van der Waals surface area (Å²) in [6, 6.07) is 1.66. The third-order valence-corrected chi connectivity index (χ3v) is 4.13. The van der Waals surface area contributed by atoms with Gasteiger partial charge in [0.2, 0.25) is 10.0 Å². The molecular formula is C9H16N2O4S. The van der Waals surface area contributed by atoms with Crippen LogP contribution >= 0.6 is 0 Å². The van der Waals surface area contributed by atoms with Gasteiger partial charge in [-0.3, -0.25) is 0 Å². The van der Waals surface area contributed by atoms with Crippen molar-refractivity contribution in [2.45, 2.75) is 18.9 Å². The average Bonchev–Trinajstić information content (AvgIpc) is 2.27. The molecule has 1 saturated heterocycles. The van der Waals surface area contributed by atoms with Crippen LogP contribution in [0.5, 0.6) is 0 Å². The molecule has 7 heteroatoms. The molecule has 92 valence electrons. The van der Waals surface area contributed by atoms with Crippen LogP contribution < -0.4 is 0 Å². The summed E-state index contributed by atoms with van der Waals surface area (Å²) in [4.78, 5) is 0. The van der Waals surface area contributed by atoms with Crippen LogP contribution in [0.25, 0.3) is 0 Å². The summed E-state index contributed by atoms with van der Waals surface area (Å²) in [6.45, 7) is 1.04. The van der Waals surface area contributed by atoms with Crippen molar-refractivity contribution < 1.29 is 18.3 Å². The van der Waals surface area contributed by atoms with E-state index < -0.39 is 15.8 Å². The molecule has 0 aliphatic carbocycles. The predicted octanol–water partition coefficient (Wildman–Crippen LogP) is -0.687. The van der Waals surface area contributed by atoms with Gasteiger partial charge in [0.1, 0.15) is 0 Å². The minimum Gasteiger partial charge on any atom is -0.394 e. The van der Waals surface area contributed by atoms with E-state index in [1.807, 2.05) is 0 Å². The van der Waals surface area contributed by atoms with Crippen molar-refractivity contribution in [3.05, 3.63) is 0 Å². The van der Waals surface area contributed by atoms with Crippen molar-refractivity contribution in [1.82, 2.24) is 4.31 Å². The third-order valence-electron chi connectivity index (χ3n) is 2.49. The SMILES string of the molecule is N#CCS(=O)(=O)N1CCC(OCCO)CC1. The highest BCUT2D eigenvalue weighted by Gasteiger charge is 2.27. The number of hydrogen-bond donors (Lipinski definition) is 1. The largest absolute Gasteiger partial charge is 0.394 e. The molecule has 0 aromatic carbocycles. The molecule has 1 rings (SSSR count). The Hall–Kier alpha value is -0.680. The van der Waals surface area contributed by atoms with E-state index in [-0.39, 0.29) is 19.3 Å². The lowest BCUT2D eigenvalue weighted by atomic mass is 10.1. The second kappa shape index (κ2) is 6.15. The lowest BCUT2D eigenvalue weighted by Gasteiger charge is -2.30. The second-order valence-electron chi connectivity index (χ2n) is 3.61. The first-order chi connectivity index (χ1) is 7.60. The molecule has 0 unspecified atom stereocenters. The first-order valence-electron chi connectivity index (χ1n) is 5.17. The van der Waals surface area contributed by atoms with Gasteiger partial charge in [-0.2, -0.15) is 5.26 Å². The number of rotatable bonds is 5. The van der Waals surface area contributed by atoms with E-state index in [0.717, 1.165) is 0 Å². The molecule has 0 radical (unpaired) electrons. The number of sulfonamides is 1. The van der Waals surface area contributed by atoms with Gasteiger partial charge in [-0.15, -0.1) is 0 Å². The molecule has 1 fully saturated rings. The monoisotopic (exact) mass is 248 g/mol. The topological polar surface area (TPSA) is 90.6 Å². The number of hydrogen-bond acceptors (Lipinski definition) is 5. The van der Waals surface area contributed by atoms with E-state index in [4.69, 9.17) is 15.1 Å². The van der Waals surface area contributed by atoms with Crippen LogP contribution in [0.4, 0.5) is 0 Å². The van der Waals surface area contributed by atoms with Crippen LogP contribution in [0.15, 0.2) is 0 Å². The van der Waals surface area contributed by atoms with Crippen LogP contribution in [0, 0.1) is 11.3 Å². The molecule has 0 aromatic heterocycles. The highest BCUT2D eigenvalue weighted by atomic mass is 32.2. The summed E-state index contributed by atoms with van der Waals surface area (Å²) in [5, 5.41) is 17.0. The molecular weight excluding hydrogens is 232 g/mol. The molecule has 0 aromatic rings. The molecule has 1 N–H and O–H groups in total. The smallest absolute Gasteiger partial charge is 0.227 e. The van der Waals surface area contributed by atoms with E-state index in [1.165, 1.54) is 4.31 Å². The maximum Gasteiger partial charge on any atom is 0.227 e. The fraction of sp³-hybridized carbons (Fsp3) is 0.889. The molecule has 0 bridgehead atoms. The summed E-state index contributed by atoms with van der Waals surface area (Å²) in [7, 11) is -3.41. The van der Waals surface area contributed by atoms with Gasteiger partial charge in [0.15, 0.2) is 5.75 Å². The maximum absolute atomic E-state index is 11.5. The molecule has 6 nitrogen and oxygen atoms in total. The van der Waals surface area contributed by atoms with Crippen molar-refractivity contribution in [1.29, 1.82) is 5.26 Å². The standard InChI is InChI=1S/C9H16N2O4S/c10-3-8-16(13,14)11-4-1-9(2-5-11)15-7-6-12/h9,12H,1-2,4-8H2. The fourth-order valence-corrected chi connectivity index (χ4v) is 2.78. The van der Waals surface area contributed by atoms with Gasteiger partial charge in [0, 0.05) is 13.1 Å². The second-order valence-corrected chi connectivity index (χ2v) is 5.58. The Kier molecular flexibility index (Phi) is 5.15. The molecule has 16 heavy (non-hydrogen) atoms. The molecule has 0 saturated carbocycles. The minimum absolute atomic E-state index is 0.0145. The van der Waals surface area contributed by atoms with E-state index in [1.54, 1.807) is 6.07 Å². The number of nitrogens with zero attached hydrogens (tertiary/aromatic N) is 2. The lowest BCUT2D eigenvalue weighted by Crippen LogP contribution is -2.41. The number of nitriles is 1. The van der Waals surface area contributed by atoms with Gasteiger partial charge in [-0.1, -0.05) is 0 Å². The first-order valence-corrected chi connectivity index (χ1v) is 6.78. The summed E-state index contributed by atoms with van der Waals surface area (Å²) in [6.07, 6.45) is 1.25. The van der Waals surface area contributed by atoms with Crippen LogP contribution in [0.3, 0.4) is 0 Å². The first kappa shape index (κ1) is 13.4. The number of piperidine rings is 1. The molecule has 0 spiro atoms. The number of aliphatic hydroxyl groups excluding tert-OH is 1. The van der Waals surface area contributed by atoms with Crippen LogP contribution in [0.1, 0.15) is 12.8 Å². The highest BCUT2D eigenvalue weighted by molar-refractivity contribution is 7.89. The van der Waals surface area contributed by atoms with Gasteiger partial charge in [-0.05, 0) is 12.8 Å². The molecule has 1 heterocycles. The Morgan fingerprint density at radius 3 is 2.56 bits per heavy atom. The summed E-state index contributed by atoms with van der Waals surface area (Å²) < 4.78 is 29.7. The molecule has 0 atom stereocenters. The van der Waals surface area contributed by atoms with E-state index >= 15 is 0 Å². The van der Waals surface area contributed by atoms with Gasteiger partial charge < -0.3 is 9.84 Å². The van der Waals surface area contributed by atoms with Gasteiger partial charge >= 0.3 is 0 Å². The zero-order chi connectivity index (χ0) is 12.0. The Balaban J connectivity index is 2.40. The maximum atomic E-state index is 11.5. The van der Waals surface area contributed by atoms with Crippen molar-refractivity contribution >= 4 is 10.0 Å². The lowest BCUT2D eigenvalue weighted by molar-refractivity contribution is 0.00322. The fourth-order valence-electron chi connectivity index (χ4n) is 1.67. The van der Waals surface area contributed by atoms with Gasteiger partial charge in [-0.25, -0.2) is 12.7 Å². The summed E-state index contributed by atoms with van der Waals surface area (Å²) in [5.74, 6) is -0.463. The Bertz CT molecular complexity index is 341. The summed E-state index contributed by atoms with van der Waals surface area (Å²) in [5.41, 5.74) is 0.